The van der Waals surface area contributed by atoms with Crippen molar-refractivity contribution in [3.63, 3.8) is 0 Å². The summed E-state index contributed by atoms with van der Waals surface area (Å²) in [5.41, 5.74) is 33.2. The van der Waals surface area contributed by atoms with Crippen LogP contribution in [0.4, 0.5) is 0 Å². The highest BCUT2D eigenvalue weighted by Crippen LogP contribution is 2.44. The van der Waals surface area contributed by atoms with Gasteiger partial charge in [-0.2, -0.15) is 0 Å². The third-order valence-corrected chi connectivity index (χ3v) is 17.5. The topological polar surface area (TPSA) is 35.6 Å². The molecule has 422 valence electrons. The first-order valence-corrected chi connectivity index (χ1v) is 30.6. The van der Waals surface area contributed by atoms with E-state index in [9.17, 15) is 0 Å². The van der Waals surface area contributed by atoms with E-state index in [1.54, 1.807) is 0 Å². The maximum absolute atomic E-state index is 5.41. The molecule has 0 N–H and O–H groups in total. The Balaban J connectivity index is 0.987. The first-order chi connectivity index (χ1) is 42.8. The van der Waals surface area contributed by atoms with E-state index in [0.29, 0.717) is 5.82 Å². The van der Waals surface area contributed by atoms with Crippen molar-refractivity contribution in [2.24, 2.45) is 0 Å². The lowest BCUT2D eigenvalue weighted by molar-refractivity contribution is 1.16. The molecule has 0 amide bonds. The quantitative estimate of drug-likeness (QED) is 0.137. The van der Waals surface area contributed by atoms with E-state index in [0.717, 1.165) is 72.6 Å². The lowest BCUT2D eigenvalue weighted by Crippen LogP contribution is -2.01. The maximum Gasteiger partial charge on any atom is 0.160 e. The maximum atomic E-state index is 5.41. The SMILES string of the molecule is Cc1cc(C)cc(-c2ccc3c(c2)c2cc(-c4cc(C)cc(C)c4)ccc2n3-c2cccc(-c3cc(-c4nc(-c5ccccc5)cc(-c5ccccc5)n4)ccc3-n3c4ccc(-c5cc(C)cc(C)c5)cc4c4cc(-c5cc(C)cc(C)c5)ccc43)c2)c1. The van der Waals surface area contributed by atoms with Crippen LogP contribution in [-0.4, -0.2) is 19.1 Å². The Labute approximate surface area is 515 Å². The Morgan fingerprint density at radius 2 is 0.568 bits per heavy atom. The number of benzene rings is 12. The van der Waals surface area contributed by atoms with Gasteiger partial charge in [0, 0.05) is 49.5 Å². The monoisotopic (exact) mass is 1130 g/mol. The minimum atomic E-state index is 0.657. The fourth-order valence-corrected chi connectivity index (χ4v) is 13.9. The predicted molar refractivity (Wildman–Crippen MR) is 372 cm³/mol. The van der Waals surface area contributed by atoms with Crippen LogP contribution in [0.2, 0.25) is 0 Å². The summed E-state index contributed by atoms with van der Waals surface area (Å²) in [5.74, 6) is 0.657. The average molecular weight is 1130 g/mol. The number of aromatic nitrogens is 4. The van der Waals surface area contributed by atoms with E-state index in [1.165, 1.54) is 111 Å². The van der Waals surface area contributed by atoms with Crippen molar-refractivity contribution in [2.75, 3.05) is 0 Å². The highest BCUT2D eigenvalue weighted by atomic mass is 15.0. The minimum Gasteiger partial charge on any atom is -0.309 e. The van der Waals surface area contributed by atoms with Gasteiger partial charge in [0.25, 0.3) is 0 Å². The van der Waals surface area contributed by atoms with E-state index in [1.807, 2.05) is 0 Å². The summed E-state index contributed by atoms with van der Waals surface area (Å²) in [7, 11) is 0. The van der Waals surface area contributed by atoms with Crippen LogP contribution in [0.15, 0.2) is 255 Å². The van der Waals surface area contributed by atoms with Crippen molar-refractivity contribution in [1.82, 2.24) is 19.1 Å². The summed E-state index contributed by atoms with van der Waals surface area (Å²) in [4.78, 5) is 10.8. The zero-order valence-corrected chi connectivity index (χ0v) is 51.0. The van der Waals surface area contributed by atoms with E-state index in [4.69, 9.17) is 9.97 Å². The molecule has 0 aliphatic rings. The molecule has 0 aliphatic heterocycles. The molecule has 0 saturated carbocycles. The molecule has 0 radical (unpaired) electrons. The number of nitrogens with zero attached hydrogens (tertiary/aromatic N) is 4. The predicted octanol–water partition coefficient (Wildman–Crippen LogP) is 22.5. The van der Waals surface area contributed by atoms with E-state index in [2.05, 4.69) is 319 Å². The van der Waals surface area contributed by atoms with Crippen molar-refractivity contribution in [2.45, 2.75) is 55.4 Å². The summed E-state index contributed by atoms with van der Waals surface area (Å²) in [6.07, 6.45) is 0. The summed E-state index contributed by atoms with van der Waals surface area (Å²) >= 11 is 0. The van der Waals surface area contributed by atoms with Gasteiger partial charge in [-0.3, -0.25) is 0 Å². The molecule has 4 heteroatoms. The summed E-state index contributed by atoms with van der Waals surface area (Å²) in [6, 6.07) is 94.7. The van der Waals surface area contributed by atoms with Crippen molar-refractivity contribution < 1.29 is 0 Å². The van der Waals surface area contributed by atoms with Crippen molar-refractivity contribution in [1.29, 1.82) is 0 Å². The Morgan fingerprint density at radius 1 is 0.227 bits per heavy atom. The zero-order valence-electron chi connectivity index (χ0n) is 51.0. The average Bonchev–Trinajstić information content (AvgIpc) is 1.61. The molecule has 0 atom stereocenters. The van der Waals surface area contributed by atoms with Gasteiger partial charge in [0.1, 0.15) is 0 Å². The van der Waals surface area contributed by atoms with Crippen LogP contribution in [0.1, 0.15) is 44.5 Å². The molecule has 0 aliphatic carbocycles. The Kier molecular flexibility index (Phi) is 13.3. The van der Waals surface area contributed by atoms with Crippen molar-refractivity contribution in [3.05, 3.63) is 299 Å². The normalized spacial score (nSPS) is 11.6. The summed E-state index contributed by atoms with van der Waals surface area (Å²) < 4.78 is 4.96. The molecule has 15 rings (SSSR count). The van der Waals surface area contributed by atoms with Gasteiger partial charge >= 0.3 is 0 Å². The Hall–Kier alpha value is -10.7. The molecular formula is C84H66N4. The minimum absolute atomic E-state index is 0.657. The fraction of sp³-hybridized carbons (Fsp3) is 0.0952. The lowest BCUT2D eigenvalue weighted by atomic mass is 9.97. The van der Waals surface area contributed by atoms with Crippen molar-refractivity contribution >= 4 is 43.6 Å². The number of aryl methyl sites for hydroxylation is 8. The zero-order chi connectivity index (χ0) is 59.9. The van der Waals surface area contributed by atoms with Gasteiger partial charge in [0.15, 0.2) is 5.82 Å². The van der Waals surface area contributed by atoms with Crippen molar-refractivity contribution in [3.8, 4) is 101 Å². The molecule has 3 aromatic heterocycles. The van der Waals surface area contributed by atoms with Gasteiger partial charge in [-0.25, -0.2) is 9.97 Å². The number of rotatable bonds is 10. The molecule has 88 heavy (non-hydrogen) atoms. The third kappa shape index (κ3) is 9.97. The first-order valence-electron chi connectivity index (χ1n) is 30.6. The number of hydrogen-bond acceptors (Lipinski definition) is 2. The largest absolute Gasteiger partial charge is 0.309 e. The second-order valence-corrected chi connectivity index (χ2v) is 24.6. The molecular weight excluding hydrogens is 1060 g/mol. The Morgan fingerprint density at radius 3 is 0.943 bits per heavy atom. The van der Waals surface area contributed by atoms with Crippen LogP contribution in [0.3, 0.4) is 0 Å². The first kappa shape index (κ1) is 54.0. The summed E-state index contributed by atoms with van der Waals surface area (Å²) in [5, 5.41) is 4.81. The highest BCUT2D eigenvalue weighted by molar-refractivity contribution is 6.13. The molecule has 0 unspecified atom stereocenters. The molecule has 3 heterocycles. The van der Waals surface area contributed by atoms with Crippen LogP contribution in [0, 0.1) is 55.4 Å². The van der Waals surface area contributed by atoms with E-state index < -0.39 is 0 Å². The number of hydrogen-bond donors (Lipinski definition) is 0. The molecule has 0 bridgehead atoms. The molecule has 0 spiro atoms. The van der Waals surface area contributed by atoms with Gasteiger partial charge in [0.05, 0.1) is 39.1 Å². The Bertz CT molecular complexity index is 4930. The third-order valence-electron chi connectivity index (χ3n) is 17.5. The second-order valence-electron chi connectivity index (χ2n) is 24.6. The van der Waals surface area contributed by atoms with Gasteiger partial charge < -0.3 is 9.13 Å². The smallest absolute Gasteiger partial charge is 0.160 e. The van der Waals surface area contributed by atoms with Gasteiger partial charge in [0.2, 0.25) is 0 Å². The molecule has 15 aromatic rings. The molecule has 0 fully saturated rings. The molecule has 0 saturated heterocycles. The molecule has 4 nitrogen and oxygen atoms in total. The van der Waals surface area contributed by atoms with Crippen LogP contribution in [0.25, 0.3) is 145 Å². The van der Waals surface area contributed by atoms with Crippen LogP contribution in [-0.2, 0) is 0 Å². The number of fused-ring (bicyclic) bond motifs is 6. The van der Waals surface area contributed by atoms with Crippen LogP contribution in [0.5, 0.6) is 0 Å². The van der Waals surface area contributed by atoms with Gasteiger partial charge in [-0.05, 0) is 190 Å². The summed E-state index contributed by atoms with van der Waals surface area (Å²) in [6.45, 7) is 17.5. The highest BCUT2D eigenvalue weighted by Gasteiger charge is 2.22. The van der Waals surface area contributed by atoms with Gasteiger partial charge in [-0.15, -0.1) is 0 Å². The molecule has 12 aromatic carbocycles. The second kappa shape index (κ2) is 21.7. The fourth-order valence-electron chi connectivity index (χ4n) is 13.9. The van der Waals surface area contributed by atoms with Crippen LogP contribution < -0.4 is 0 Å². The van der Waals surface area contributed by atoms with Gasteiger partial charge in [-0.1, -0.05) is 214 Å². The lowest BCUT2D eigenvalue weighted by Gasteiger charge is -2.18. The van der Waals surface area contributed by atoms with E-state index >= 15 is 0 Å². The van der Waals surface area contributed by atoms with E-state index in [-0.39, 0.29) is 0 Å². The van der Waals surface area contributed by atoms with Crippen LogP contribution >= 0.6 is 0 Å². The standard InChI is InChI=1S/C84H66N4/c1-51-32-52(2)37-67(36-51)61-22-27-80-73(45-61)74-46-62(68-38-53(3)33-54(4)39-68)23-28-81(74)87(80)71-21-15-20-65(44-71)72-49-66(84-85-77(59-16-11-9-12-17-59)50-78(86-84)60-18-13-10-14-19-60)26-31-79(72)88-82-29-24-63(69-40-55(5)34-56(6)41-69)47-75(82)76-48-64(25-30-83(76)88)70-42-57(7)35-58(8)43-70/h9-50H,1-8H3.